The van der Waals surface area contributed by atoms with Crippen molar-refractivity contribution in [3.8, 4) is 0 Å². The minimum atomic E-state index is -0.366. The van der Waals surface area contributed by atoms with E-state index < -0.39 is 0 Å². The molecule has 0 aromatic rings. The molecule has 104 valence electrons. The summed E-state index contributed by atoms with van der Waals surface area (Å²) in [6.07, 6.45) is 4.88. The van der Waals surface area contributed by atoms with Crippen molar-refractivity contribution < 1.29 is 9.90 Å². The van der Waals surface area contributed by atoms with Crippen molar-refractivity contribution in [1.29, 1.82) is 0 Å². The Morgan fingerprint density at radius 1 is 1.39 bits per heavy atom. The van der Waals surface area contributed by atoms with E-state index >= 15 is 0 Å². The zero-order valence-corrected chi connectivity index (χ0v) is 11.6. The van der Waals surface area contributed by atoms with Gasteiger partial charge in [-0.05, 0) is 51.5 Å². The van der Waals surface area contributed by atoms with Gasteiger partial charge in [0.05, 0.1) is 17.6 Å². The van der Waals surface area contributed by atoms with E-state index in [9.17, 15) is 9.90 Å². The molecule has 4 nitrogen and oxygen atoms in total. The zero-order valence-electron chi connectivity index (χ0n) is 11.6. The third kappa shape index (κ3) is 2.69. The molecule has 0 spiro atoms. The summed E-state index contributed by atoms with van der Waals surface area (Å²) in [6.45, 7) is 5.98. The van der Waals surface area contributed by atoms with Gasteiger partial charge in [0.25, 0.3) is 0 Å². The predicted molar refractivity (Wildman–Crippen MR) is 71.2 cm³/mol. The highest BCUT2D eigenvalue weighted by molar-refractivity contribution is 5.83. The average molecular weight is 254 g/mol. The molecular weight excluding hydrogens is 228 g/mol. The van der Waals surface area contributed by atoms with Crippen LogP contribution in [0.15, 0.2) is 0 Å². The monoisotopic (exact) mass is 254 g/mol. The molecule has 3 N–H and O–H groups in total. The van der Waals surface area contributed by atoms with E-state index in [1.807, 2.05) is 6.92 Å². The predicted octanol–water partition coefficient (Wildman–Crippen LogP) is 1.04. The van der Waals surface area contributed by atoms with E-state index in [0.29, 0.717) is 5.92 Å². The van der Waals surface area contributed by atoms with Gasteiger partial charge < -0.3 is 15.7 Å². The maximum Gasteiger partial charge on any atom is 0.227 e. The van der Waals surface area contributed by atoms with Gasteiger partial charge in [-0.25, -0.2) is 0 Å². The third-order valence-electron chi connectivity index (χ3n) is 4.83. The van der Waals surface area contributed by atoms with Crippen LogP contribution in [0.25, 0.3) is 0 Å². The van der Waals surface area contributed by atoms with Crippen molar-refractivity contribution in [2.24, 2.45) is 11.3 Å². The largest absolute Gasteiger partial charge is 0.394 e. The van der Waals surface area contributed by atoms with Gasteiger partial charge in [0.15, 0.2) is 0 Å². The first-order valence-electron chi connectivity index (χ1n) is 7.14. The van der Waals surface area contributed by atoms with E-state index in [1.54, 1.807) is 0 Å². The van der Waals surface area contributed by atoms with E-state index in [1.165, 1.54) is 0 Å². The Labute approximate surface area is 110 Å². The number of nitrogens with one attached hydrogen (secondary N) is 2. The van der Waals surface area contributed by atoms with Crippen LogP contribution < -0.4 is 10.6 Å². The maximum atomic E-state index is 12.4. The van der Waals surface area contributed by atoms with Gasteiger partial charge in [-0.15, -0.1) is 0 Å². The summed E-state index contributed by atoms with van der Waals surface area (Å²) in [5.41, 5.74) is -0.666. The Morgan fingerprint density at radius 2 is 2.06 bits per heavy atom. The van der Waals surface area contributed by atoms with Crippen LogP contribution in [0.2, 0.25) is 0 Å². The smallest absolute Gasteiger partial charge is 0.227 e. The number of carbonyl (C=O) groups is 1. The normalized spacial score (nSPS) is 40.7. The number of aliphatic hydroxyl groups is 1. The maximum absolute atomic E-state index is 12.4. The van der Waals surface area contributed by atoms with Crippen molar-refractivity contribution in [1.82, 2.24) is 10.6 Å². The standard InChI is InChI=1S/C14H26N2O2/c1-11-3-5-14(10-17,6-4-11)16-12(18)13(2)7-8-15-9-13/h11,15,17H,3-10H2,1-2H3,(H,16,18). The summed E-state index contributed by atoms with van der Waals surface area (Å²) in [5.74, 6) is 0.821. The van der Waals surface area contributed by atoms with Crippen molar-refractivity contribution in [3.63, 3.8) is 0 Å². The fraction of sp³-hybridized carbons (Fsp3) is 0.929. The van der Waals surface area contributed by atoms with Crippen LogP contribution in [0.5, 0.6) is 0 Å². The molecule has 1 amide bonds. The second-order valence-corrected chi connectivity index (χ2v) is 6.56. The van der Waals surface area contributed by atoms with Gasteiger partial charge in [0.2, 0.25) is 5.91 Å². The molecule has 1 aliphatic carbocycles. The van der Waals surface area contributed by atoms with Gasteiger partial charge in [-0.1, -0.05) is 6.92 Å². The van der Waals surface area contributed by atoms with Crippen molar-refractivity contribution >= 4 is 5.91 Å². The first-order valence-corrected chi connectivity index (χ1v) is 7.14. The second kappa shape index (κ2) is 5.17. The highest BCUT2D eigenvalue weighted by Gasteiger charge is 2.42. The minimum Gasteiger partial charge on any atom is -0.394 e. The Hall–Kier alpha value is -0.610. The number of rotatable bonds is 3. The highest BCUT2D eigenvalue weighted by atomic mass is 16.3. The quantitative estimate of drug-likeness (QED) is 0.705. The van der Waals surface area contributed by atoms with Gasteiger partial charge in [0, 0.05) is 6.54 Å². The van der Waals surface area contributed by atoms with Crippen LogP contribution in [0, 0.1) is 11.3 Å². The third-order valence-corrected chi connectivity index (χ3v) is 4.83. The topological polar surface area (TPSA) is 61.4 Å². The molecule has 1 heterocycles. The van der Waals surface area contributed by atoms with Crippen molar-refractivity contribution in [3.05, 3.63) is 0 Å². The molecule has 2 aliphatic rings. The van der Waals surface area contributed by atoms with Crippen LogP contribution in [-0.2, 0) is 4.79 Å². The first kappa shape index (κ1) is 13.8. The van der Waals surface area contributed by atoms with Gasteiger partial charge in [0.1, 0.15) is 0 Å². The molecule has 1 saturated heterocycles. The molecule has 1 aliphatic heterocycles. The summed E-state index contributed by atoms with van der Waals surface area (Å²) in [4.78, 5) is 12.4. The van der Waals surface area contributed by atoms with E-state index in [0.717, 1.165) is 45.2 Å². The molecular formula is C14H26N2O2. The molecule has 1 unspecified atom stereocenters. The lowest BCUT2D eigenvalue weighted by Gasteiger charge is -2.40. The average Bonchev–Trinajstić information content (AvgIpc) is 2.81. The lowest BCUT2D eigenvalue weighted by molar-refractivity contribution is -0.132. The Bertz CT molecular complexity index is 303. The SMILES string of the molecule is CC1CCC(CO)(NC(=O)C2(C)CCNC2)CC1. The molecule has 18 heavy (non-hydrogen) atoms. The summed E-state index contributed by atoms with van der Waals surface area (Å²) < 4.78 is 0. The number of amides is 1. The molecule has 1 atom stereocenters. The highest BCUT2D eigenvalue weighted by Crippen LogP contribution is 2.33. The number of aliphatic hydroxyl groups excluding tert-OH is 1. The second-order valence-electron chi connectivity index (χ2n) is 6.56. The molecule has 2 fully saturated rings. The lowest BCUT2D eigenvalue weighted by Crippen LogP contribution is -2.57. The Balaban J connectivity index is 1.99. The molecule has 0 aromatic heterocycles. The number of hydrogen-bond donors (Lipinski definition) is 3. The van der Waals surface area contributed by atoms with E-state index in [-0.39, 0.29) is 23.5 Å². The minimum absolute atomic E-state index is 0.0645. The summed E-state index contributed by atoms with van der Waals surface area (Å²) in [5, 5.41) is 16.1. The van der Waals surface area contributed by atoms with Gasteiger partial charge >= 0.3 is 0 Å². The fourth-order valence-corrected chi connectivity index (χ4v) is 3.04. The van der Waals surface area contributed by atoms with Crippen LogP contribution in [0.3, 0.4) is 0 Å². The van der Waals surface area contributed by atoms with Crippen molar-refractivity contribution in [2.45, 2.75) is 51.5 Å². The van der Waals surface area contributed by atoms with Crippen LogP contribution >= 0.6 is 0 Å². The zero-order chi connectivity index (χ0) is 13.2. The summed E-state index contributed by atoms with van der Waals surface area (Å²) in [6, 6.07) is 0. The molecule has 0 aromatic carbocycles. The molecule has 1 saturated carbocycles. The van der Waals surface area contributed by atoms with Crippen LogP contribution in [0.4, 0.5) is 0 Å². The first-order chi connectivity index (χ1) is 8.50. The Morgan fingerprint density at radius 3 is 2.56 bits per heavy atom. The van der Waals surface area contributed by atoms with Crippen molar-refractivity contribution in [2.75, 3.05) is 19.7 Å². The van der Waals surface area contributed by atoms with Gasteiger partial charge in [-0.3, -0.25) is 4.79 Å². The van der Waals surface area contributed by atoms with Crippen LogP contribution in [-0.4, -0.2) is 36.2 Å². The van der Waals surface area contributed by atoms with E-state index in [4.69, 9.17) is 0 Å². The molecule has 0 bridgehead atoms. The Kier molecular flexibility index (Phi) is 3.97. The number of hydrogen-bond acceptors (Lipinski definition) is 3. The summed E-state index contributed by atoms with van der Waals surface area (Å²) >= 11 is 0. The van der Waals surface area contributed by atoms with Gasteiger partial charge in [-0.2, -0.15) is 0 Å². The van der Waals surface area contributed by atoms with Crippen LogP contribution in [0.1, 0.15) is 46.0 Å². The number of carbonyl (C=O) groups excluding carboxylic acids is 1. The van der Waals surface area contributed by atoms with E-state index in [2.05, 4.69) is 17.6 Å². The molecule has 0 radical (unpaired) electrons. The molecule has 4 heteroatoms. The fourth-order valence-electron chi connectivity index (χ4n) is 3.04. The molecule has 2 rings (SSSR count). The lowest BCUT2D eigenvalue weighted by atomic mass is 9.76. The summed E-state index contributed by atoms with van der Waals surface area (Å²) in [7, 11) is 0.